The zero-order valence-electron chi connectivity index (χ0n) is 10.7. The summed E-state index contributed by atoms with van der Waals surface area (Å²) in [6, 6.07) is 5.73. The fourth-order valence-electron chi connectivity index (χ4n) is 1.91. The molecule has 0 spiro atoms. The molecule has 0 saturated carbocycles. The van der Waals surface area contributed by atoms with Gasteiger partial charge in [0, 0.05) is 36.7 Å². The summed E-state index contributed by atoms with van der Waals surface area (Å²) in [6.07, 6.45) is 0. The summed E-state index contributed by atoms with van der Waals surface area (Å²) in [4.78, 5) is 0. The van der Waals surface area contributed by atoms with Crippen LogP contribution in [0.15, 0.2) is 18.2 Å². The van der Waals surface area contributed by atoms with Crippen molar-refractivity contribution in [1.29, 1.82) is 0 Å². The first-order valence-electron chi connectivity index (χ1n) is 5.94. The quantitative estimate of drug-likeness (QED) is 0.750. The molecule has 2 rings (SSSR count). The molecule has 0 bridgehead atoms. The first-order valence-corrected chi connectivity index (χ1v) is 5.94. The van der Waals surface area contributed by atoms with Crippen molar-refractivity contribution in [2.24, 2.45) is 11.7 Å². The van der Waals surface area contributed by atoms with Gasteiger partial charge in [0.15, 0.2) is 0 Å². The SMILES string of the molecule is COc1cc(C#CC2CNCC2N)cc(OC)c1. The number of ether oxygens (including phenoxy) is 2. The Bertz CT molecular complexity index is 454. The van der Waals surface area contributed by atoms with E-state index in [0.29, 0.717) is 0 Å². The summed E-state index contributed by atoms with van der Waals surface area (Å²) in [6.45, 7) is 1.69. The molecule has 2 unspecified atom stereocenters. The van der Waals surface area contributed by atoms with E-state index >= 15 is 0 Å². The second-order valence-corrected chi connectivity index (χ2v) is 4.30. The lowest BCUT2D eigenvalue weighted by atomic mass is 10.0. The van der Waals surface area contributed by atoms with Crippen molar-refractivity contribution >= 4 is 0 Å². The molecule has 96 valence electrons. The van der Waals surface area contributed by atoms with Crippen molar-refractivity contribution in [3.63, 3.8) is 0 Å². The minimum absolute atomic E-state index is 0.116. The number of rotatable bonds is 2. The number of methoxy groups -OCH3 is 2. The van der Waals surface area contributed by atoms with Crippen LogP contribution in [0.1, 0.15) is 5.56 Å². The summed E-state index contributed by atoms with van der Waals surface area (Å²) in [5, 5.41) is 3.23. The highest BCUT2D eigenvalue weighted by molar-refractivity contribution is 5.46. The number of benzene rings is 1. The minimum atomic E-state index is 0.116. The van der Waals surface area contributed by atoms with Crippen LogP contribution < -0.4 is 20.5 Å². The minimum Gasteiger partial charge on any atom is -0.497 e. The van der Waals surface area contributed by atoms with Gasteiger partial charge in [0.1, 0.15) is 11.5 Å². The van der Waals surface area contributed by atoms with Crippen LogP contribution in [-0.4, -0.2) is 33.4 Å². The molecule has 2 atom stereocenters. The van der Waals surface area contributed by atoms with Gasteiger partial charge in [-0.3, -0.25) is 0 Å². The third kappa shape index (κ3) is 2.95. The van der Waals surface area contributed by atoms with Crippen LogP contribution >= 0.6 is 0 Å². The predicted molar refractivity (Wildman–Crippen MR) is 70.8 cm³/mol. The summed E-state index contributed by atoms with van der Waals surface area (Å²) in [7, 11) is 3.26. The maximum Gasteiger partial charge on any atom is 0.123 e. The molecule has 1 saturated heterocycles. The maximum atomic E-state index is 5.94. The molecule has 0 aromatic heterocycles. The first kappa shape index (κ1) is 12.7. The van der Waals surface area contributed by atoms with E-state index < -0.39 is 0 Å². The molecular formula is C14H18N2O2. The Labute approximate surface area is 107 Å². The molecular weight excluding hydrogens is 228 g/mol. The van der Waals surface area contributed by atoms with Crippen molar-refractivity contribution in [2.75, 3.05) is 27.3 Å². The van der Waals surface area contributed by atoms with E-state index in [1.54, 1.807) is 14.2 Å². The zero-order valence-corrected chi connectivity index (χ0v) is 10.7. The Morgan fingerprint density at radius 2 is 1.83 bits per heavy atom. The Hall–Kier alpha value is -1.70. The van der Waals surface area contributed by atoms with Crippen LogP contribution in [-0.2, 0) is 0 Å². The molecule has 1 heterocycles. The third-order valence-corrected chi connectivity index (χ3v) is 3.01. The zero-order chi connectivity index (χ0) is 13.0. The normalized spacial score (nSPS) is 22.2. The molecule has 3 N–H and O–H groups in total. The van der Waals surface area contributed by atoms with E-state index in [9.17, 15) is 0 Å². The van der Waals surface area contributed by atoms with E-state index in [1.165, 1.54) is 0 Å². The number of hydrogen-bond acceptors (Lipinski definition) is 4. The van der Waals surface area contributed by atoms with Gasteiger partial charge >= 0.3 is 0 Å². The van der Waals surface area contributed by atoms with Crippen LogP contribution in [0.25, 0.3) is 0 Å². The number of hydrogen-bond donors (Lipinski definition) is 2. The fourth-order valence-corrected chi connectivity index (χ4v) is 1.91. The maximum absolute atomic E-state index is 5.94. The van der Waals surface area contributed by atoms with Gasteiger partial charge in [0.05, 0.1) is 14.2 Å². The largest absolute Gasteiger partial charge is 0.497 e. The molecule has 4 nitrogen and oxygen atoms in total. The average Bonchev–Trinajstić information content (AvgIpc) is 2.81. The van der Waals surface area contributed by atoms with Gasteiger partial charge in [-0.1, -0.05) is 11.8 Å². The highest BCUT2D eigenvalue weighted by Crippen LogP contribution is 2.22. The molecule has 0 amide bonds. The smallest absolute Gasteiger partial charge is 0.123 e. The molecule has 1 aliphatic heterocycles. The monoisotopic (exact) mass is 246 g/mol. The summed E-state index contributed by atoms with van der Waals surface area (Å²) in [5.74, 6) is 8.03. The molecule has 1 fully saturated rings. The third-order valence-electron chi connectivity index (χ3n) is 3.01. The Morgan fingerprint density at radius 3 is 2.33 bits per heavy atom. The van der Waals surface area contributed by atoms with Gasteiger partial charge in [0.25, 0.3) is 0 Å². The molecule has 1 aromatic carbocycles. The average molecular weight is 246 g/mol. The van der Waals surface area contributed by atoms with Crippen LogP contribution in [0, 0.1) is 17.8 Å². The lowest BCUT2D eigenvalue weighted by Gasteiger charge is -2.06. The summed E-state index contributed by atoms with van der Waals surface area (Å²) in [5.41, 5.74) is 6.82. The van der Waals surface area contributed by atoms with Crippen LogP contribution in [0.4, 0.5) is 0 Å². The molecule has 1 aromatic rings. The van der Waals surface area contributed by atoms with Crippen molar-refractivity contribution in [3.8, 4) is 23.3 Å². The summed E-state index contributed by atoms with van der Waals surface area (Å²) >= 11 is 0. The van der Waals surface area contributed by atoms with Gasteiger partial charge in [0.2, 0.25) is 0 Å². The Morgan fingerprint density at radius 1 is 1.17 bits per heavy atom. The lowest BCUT2D eigenvalue weighted by Crippen LogP contribution is -2.27. The second kappa shape index (κ2) is 5.76. The lowest BCUT2D eigenvalue weighted by molar-refractivity contribution is 0.394. The van der Waals surface area contributed by atoms with Crippen LogP contribution in [0.3, 0.4) is 0 Å². The number of nitrogens with two attached hydrogens (primary N) is 1. The van der Waals surface area contributed by atoms with E-state index in [2.05, 4.69) is 17.2 Å². The van der Waals surface area contributed by atoms with Crippen molar-refractivity contribution < 1.29 is 9.47 Å². The topological polar surface area (TPSA) is 56.5 Å². The van der Waals surface area contributed by atoms with Gasteiger partial charge in [-0.05, 0) is 12.1 Å². The van der Waals surface area contributed by atoms with Crippen molar-refractivity contribution in [1.82, 2.24) is 5.32 Å². The van der Waals surface area contributed by atoms with Gasteiger partial charge in [-0.2, -0.15) is 0 Å². The standard InChI is InChI=1S/C14H18N2O2/c1-17-12-5-10(6-13(7-12)18-2)3-4-11-8-16-9-14(11)15/h5-7,11,14,16H,8-9,15H2,1-2H3. The summed E-state index contributed by atoms with van der Waals surface area (Å²) < 4.78 is 10.4. The highest BCUT2D eigenvalue weighted by Gasteiger charge is 2.20. The Kier molecular flexibility index (Phi) is 4.08. The molecule has 1 aliphatic rings. The Balaban J connectivity index is 2.20. The number of nitrogens with one attached hydrogen (secondary N) is 1. The first-order chi connectivity index (χ1) is 8.72. The van der Waals surface area contributed by atoms with Gasteiger partial charge in [-0.15, -0.1) is 0 Å². The van der Waals surface area contributed by atoms with E-state index in [0.717, 1.165) is 30.2 Å². The highest BCUT2D eigenvalue weighted by atomic mass is 16.5. The molecule has 0 radical (unpaired) electrons. The van der Waals surface area contributed by atoms with Gasteiger partial charge < -0.3 is 20.5 Å². The van der Waals surface area contributed by atoms with E-state index in [4.69, 9.17) is 15.2 Å². The van der Waals surface area contributed by atoms with Crippen molar-refractivity contribution in [3.05, 3.63) is 23.8 Å². The molecule has 4 heteroatoms. The van der Waals surface area contributed by atoms with Crippen molar-refractivity contribution in [2.45, 2.75) is 6.04 Å². The van der Waals surface area contributed by atoms with Crippen LogP contribution in [0.2, 0.25) is 0 Å². The second-order valence-electron chi connectivity index (χ2n) is 4.30. The van der Waals surface area contributed by atoms with Gasteiger partial charge in [-0.25, -0.2) is 0 Å². The molecule has 0 aliphatic carbocycles. The fraction of sp³-hybridized carbons (Fsp3) is 0.429. The van der Waals surface area contributed by atoms with E-state index in [1.807, 2.05) is 18.2 Å². The van der Waals surface area contributed by atoms with Crippen LogP contribution in [0.5, 0.6) is 11.5 Å². The predicted octanol–water partition coefficient (Wildman–Crippen LogP) is 0.602. The van der Waals surface area contributed by atoms with E-state index in [-0.39, 0.29) is 12.0 Å². The molecule has 18 heavy (non-hydrogen) atoms.